The Bertz CT molecular complexity index is 816. The molecule has 0 bridgehead atoms. The number of amides is 1. The van der Waals surface area contributed by atoms with E-state index in [0.717, 1.165) is 22.4 Å². The van der Waals surface area contributed by atoms with E-state index in [4.69, 9.17) is 0 Å². The fourth-order valence-electron chi connectivity index (χ4n) is 2.24. The molecule has 0 aliphatic rings. The molecule has 0 radical (unpaired) electrons. The van der Waals surface area contributed by atoms with E-state index in [1.54, 1.807) is 6.92 Å². The Hall–Kier alpha value is -2.70. The lowest BCUT2D eigenvalue weighted by atomic mass is 10.2. The number of nitrogens with zero attached hydrogens (tertiary/aromatic N) is 4. The van der Waals surface area contributed by atoms with Crippen LogP contribution in [-0.4, -0.2) is 30.9 Å². The second-order valence-electron chi connectivity index (χ2n) is 4.98. The summed E-state index contributed by atoms with van der Waals surface area (Å²) in [7, 11) is 1.99. The quantitative estimate of drug-likeness (QED) is 0.757. The number of imidazole rings is 1. The van der Waals surface area contributed by atoms with Crippen LogP contribution in [0.3, 0.4) is 0 Å². The minimum atomic E-state index is -0.237. The first-order valence-corrected chi connectivity index (χ1v) is 6.64. The molecular formula is C14H16N6O. The molecule has 0 aliphatic heterocycles. The number of rotatable bonds is 3. The Morgan fingerprint density at radius 3 is 2.86 bits per heavy atom. The van der Waals surface area contributed by atoms with Gasteiger partial charge in [0, 0.05) is 13.6 Å². The van der Waals surface area contributed by atoms with Crippen molar-refractivity contribution in [3.8, 4) is 0 Å². The Morgan fingerprint density at radius 2 is 2.14 bits per heavy atom. The van der Waals surface area contributed by atoms with Crippen molar-refractivity contribution in [1.29, 1.82) is 0 Å². The third kappa shape index (κ3) is 2.37. The van der Waals surface area contributed by atoms with E-state index in [1.807, 2.05) is 36.7 Å². The number of carbonyl (C=O) groups excluding carboxylic acids is 1. The SMILES string of the molecule is Cc1n[nH]nc1C(=O)NCc1ccc2c(c1)nc(C)n2C. The van der Waals surface area contributed by atoms with E-state index in [0.29, 0.717) is 17.9 Å². The predicted octanol–water partition coefficient (Wildman–Crippen LogP) is 1.24. The van der Waals surface area contributed by atoms with Crippen LogP contribution in [0.4, 0.5) is 0 Å². The smallest absolute Gasteiger partial charge is 0.274 e. The lowest BCUT2D eigenvalue weighted by Crippen LogP contribution is -2.23. The first-order chi connectivity index (χ1) is 10.1. The van der Waals surface area contributed by atoms with Gasteiger partial charge in [0.15, 0.2) is 5.69 Å². The van der Waals surface area contributed by atoms with Crippen molar-refractivity contribution < 1.29 is 4.79 Å². The largest absolute Gasteiger partial charge is 0.347 e. The van der Waals surface area contributed by atoms with E-state index in [1.165, 1.54) is 0 Å². The summed E-state index contributed by atoms with van der Waals surface area (Å²) in [5.41, 5.74) is 3.91. The van der Waals surface area contributed by atoms with Crippen LogP contribution in [-0.2, 0) is 13.6 Å². The molecule has 7 nitrogen and oxygen atoms in total. The third-order valence-corrected chi connectivity index (χ3v) is 3.56. The van der Waals surface area contributed by atoms with Crippen LogP contribution in [0.5, 0.6) is 0 Å². The molecule has 0 spiro atoms. The zero-order valence-electron chi connectivity index (χ0n) is 12.1. The highest BCUT2D eigenvalue weighted by molar-refractivity contribution is 5.93. The number of H-pyrrole nitrogens is 1. The van der Waals surface area contributed by atoms with Gasteiger partial charge in [-0.25, -0.2) is 4.98 Å². The Balaban J connectivity index is 1.76. The first-order valence-electron chi connectivity index (χ1n) is 6.64. The standard InChI is InChI=1S/C14H16N6O/c1-8-13(18-19-17-8)14(21)15-7-10-4-5-12-11(6-10)16-9(2)20(12)3/h4-6H,7H2,1-3H3,(H,15,21)(H,17,18,19). The molecule has 7 heteroatoms. The lowest BCUT2D eigenvalue weighted by molar-refractivity contribution is 0.0945. The van der Waals surface area contributed by atoms with E-state index in [-0.39, 0.29) is 5.91 Å². The molecule has 1 amide bonds. The molecule has 0 saturated carbocycles. The highest BCUT2D eigenvalue weighted by Gasteiger charge is 2.13. The molecule has 0 aliphatic carbocycles. The summed E-state index contributed by atoms with van der Waals surface area (Å²) in [4.78, 5) is 16.5. The van der Waals surface area contributed by atoms with Gasteiger partial charge < -0.3 is 9.88 Å². The lowest BCUT2D eigenvalue weighted by Gasteiger charge is -2.04. The molecule has 21 heavy (non-hydrogen) atoms. The van der Waals surface area contributed by atoms with Crippen molar-refractivity contribution in [2.75, 3.05) is 0 Å². The van der Waals surface area contributed by atoms with Gasteiger partial charge in [0.25, 0.3) is 5.91 Å². The summed E-state index contributed by atoms with van der Waals surface area (Å²) in [5.74, 6) is 0.725. The van der Waals surface area contributed by atoms with Crippen LogP contribution in [0.2, 0.25) is 0 Å². The molecule has 3 rings (SSSR count). The maximum atomic E-state index is 12.0. The van der Waals surface area contributed by atoms with Gasteiger partial charge in [-0.05, 0) is 31.5 Å². The normalized spacial score (nSPS) is 11.0. The summed E-state index contributed by atoms with van der Waals surface area (Å²) in [6.45, 7) is 4.13. The minimum Gasteiger partial charge on any atom is -0.347 e. The fraction of sp³-hybridized carbons (Fsp3) is 0.286. The second kappa shape index (κ2) is 5.01. The number of nitrogens with one attached hydrogen (secondary N) is 2. The van der Waals surface area contributed by atoms with Gasteiger partial charge in [-0.15, -0.1) is 0 Å². The van der Waals surface area contributed by atoms with Gasteiger partial charge >= 0.3 is 0 Å². The number of aryl methyl sites for hydroxylation is 3. The van der Waals surface area contributed by atoms with E-state index < -0.39 is 0 Å². The fourth-order valence-corrected chi connectivity index (χ4v) is 2.24. The van der Waals surface area contributed by atoms with E-state index in [2.05, 4.69) is 25.7 Å². The molecule has 2 aromatic heterocycles. The molecule has 0 atom stereocenters. The topological polar surface area (TPSA) is 88.5 Å². The monoisotopic (exact) mass is 284 g/mol. The van der Waals surface area contributed by atoms with E-state index in [9.17, 15) is 4.79 Å². The number of aromatic nitrogens is 5. The number of hydrogen-bond donors (Lipinski definition) is 2. The highest BCUT2D eigenvalue weighted by Crippen LogP contribution is 2.16. The van der Waals surface area contributed by atoms with Crippen LogP contribution in [0.25, 0.3) is 11.0 Å². The van der Waals surface area contributed by atoms with Crippen molar-refractivity contribution in [2.24, 2.45) is 7.05 Å². The molecule has 108 valence electrons. The number of fused-ring (bicyclic) bond motifs is 1. The second-order valence-corrected chi connectivity index (χ2v) is 4.98. The maximum absolute atomic E-state index is 12.0. The average molecular weight is 284 g/mol. The summed E-state index contributed by atoms with van der Waals surface area (Å²) in [6.07, 6.45) is 0. The summed E-state index contributed by atoms with van der Waals surface area (Å²) < 4.78 is 2.04. The molecular weight excluding hydrogens is 268 g/mol. The molecule has 0 fully saturated rings. The van der Waals surface area contributed by atoms with Gasteiger partial charge in [0.2, 0.25) is 0 Å². The van der Waals surface area contributed by atoms with Gasteiger partial charge in [0.1, 0.15) is 5.82 Å². The van der Waals surface area contributed by atoms with Crippen LogP contribution >= 0.6 is 0 Å². The molecule has 2 heterocycles. The third-order valence-electron chi connectivity index (χ3n) is 3.56. The van der Waals surface area contributed by atoms with Crippen molar-refractivity contribution in [3.63, 3.8) is 0 Å². The van der Waals surface area contributed by atoms with Crippen molar-refractivity contribution in [3.05, 3.63) is 41.0 Å². The van der Waals surface area contributed by atoms with E-state index >= 15 is 0 Å². The molecule has 1 aromatic carbocycles. The molecule has 0 saturated heterocycles. The summed E-state index contributed by atoms with van der Waals surface area (Å²) >= 11 is 0. The Labute approximate surface area is 121 Å². The van der Waals surface area contributed by atoms with Crippen molar-refractivity contribution in [2.45, 2.75) is 20.4 Å². The van der Waals surface area contributed by atoms with Gasteiger partial charge in [-0.3, -0.25) is 4.79 Å². The van der Waals surface area contributed by atoms with Crippen LogP contribution in [0, 0.1) is 13.8 Å². The van der Waals surface area contributed by atoms with Crippen molar-refractivity contribution in [1.82, 2.24) is 30.3 Å². The predicted molar refractivity (Wildman–Crippen MR) is 77.7 cm³/mol. The molecule has 2 N–H and O–H groups in total. The Morgan fingerprint density at radius 1 is 1.33 bits per heavy atom. The average Bonchev–Trinajstić information content (AvgIpc) is 3.01. The number of hydrogen-bond acceptors (Lipinski definition) is 4. The zero-order chi connectivity index (χ0) is 15.0. The van der Waals surface area contributed by atoms with Gasteiger partial charge in [-0.1, -0.05) is 6.07 Å². The number of aromatic amines is 1. The molecule has 0 unspecified atom stereocenters. The summed E-state index contributed by atoms with van der Waals surface area (Å²) in [5, 5.41) is 12.9. The summed E-state index contributed by atoms with van der Waals surface area (Å²) in [6, 6.07) is 5.98. The number of benzene rings is 1. The van der Waals surface area contributed by atoms with Crippen LogP contribution in [0.1, 0.15) is 27.6 Å². The minimum absolute atomic E-state index is 0.237. The Kier molecular flexibility index (Phi) is 3.17. The zero-order valence-corrected chi connectivity index (χ0v) is 12.1. The highest BCUT2D eigenvalue weighted by atomic mass is 16.2. The van der Waals surface area contributed by atoms with Crippen LogP contribution < -0.4 is 5.32 Å². The van der Waals surface area contributed by atoms with Gasteiger partial charge in [0.05, 0.1) is 16.7 Å². The van der Waals surface area contributed by atoms with Crippen LogP contribution in [0.15, 0.2) is 18.2 Å². The maximum Gasteiger partial charge on any atom is 0.274 e. The molecule has 3 aromatic rings. The van der Waals surface area contributed by atoms with Gasteiger partial charge in [-0.2, -0.15) is 15.4 Å². The first kappa shape index (κ1) is 13.3. The van der Waals surface area contributed by atoms with Crippen molar-refractivity contribution >= 4 is 16.9 Å². The number of carbonyl (C=O) groups is 1.